The zero-order valence-corrected chi connectivity index (χ0v) is 11.3. The zero-order chi connectivity index (χ0) is 14.0. The summed E-state index contributed by atoms with van der Waals surface area (Å²) in [6.45, 7) is 7.09. The number of nitrogen functional groups attached to an aromatic ring is 1. The van der Waals surface area contributed by atoms with Gasteiger partial charge in [0.25, 0.3) is 0 Å². The van der Waals surface area contributed by atoms with Gasteiger partial charge in [-0.05, 0) is 40.5 Å². The van der Waals surface area contributed by atoms with E-state index in [2.05, 4.69) is 36.3 Å². The van der Waals surface area contributed by atoms with Crippen LogP contribution in [0.1, 0.15) is 20.8 Å². The van der Waals surface area contributed by atoms with E-state index in [9.17, 15) is 4.39 Å². The van der Waals surface area contributed by atoms with Crippen molar-refractivity contribution in [2.24, 2.45) is 11.8 Å². The van der Waals surface area contributed by atoms with Crippen LogP contribution < -0.4 is 5.73 Å². The highest BCUT2D eigenvalue weighted by atomic mass is 19.1. The van der Waals surface area contributed by atoms with E-state index in [1.165, 1.54) is 18.2 Å². The number of hydrogen-bond acceptors (Lipinski definition) is 4. The summed E-state index contributed by atoms with van der Waals surface area (Å²) in [7, 11) is 0. The SMILES string of the molecule is CC(C)C(C)Cn1nnnc1-c1cc(F)ccc1N. The number of benzene rings is 1. The van der Waals surface area contributed by atoms with Gasteiger partial charge in [0, 0.05) is 17.8 Å². The van der Waals surface area contributed by atoms with Gasteiger partial charge in [-0.25, -0.2) is 9.07 Å². The van der Waals surface area contributed by atoms with Crippen LogP contribution >= 0.6 is 0 Å². The summed E-state index contributed by atoms with van der Waals surface area (Å²) in [5.74, 6) is 1.08. The lowest BCUT2D eigenvalue weighted by Crippen LogP contribution is -2.15. The normalized spacial score (nSPS) is 12.9. The number of anilines is 1. The van der Waals surface area contributed by atoms with Crippen molar-refractivity contribution < 1.29 is 4.39 Å². The fourth-order valence-corrected chi connectivity index (χ4v) is 1.73. The van der Waals surface area contributed by atoms with E-state index in [-0.39, 0.29) is 5.82 Å². The first-order valence-corrected chi connectivity index (χ1v) is 6.30. The quantitative estimate of drug-likeness (QED) is 0.860. The molecule has 0 aliphatic rings. The summed E-state index contributed by atoms with van der Waals surface area (Å²) in [5, 5.41) is 11.6. The van der Waals surface area contributed by atoms with Crippen molar-refractivity contribution in [3.05, 3.63) is 24.0 Å². The first-order valence-electron chi connectivity index (χ1n) is 6.30. The van der Waals surface area contributed by atoms with Crippen LogP contribution in [-0.2, 0) is 6.54 Å². The minimum atomic E-state index is -0.351. The molecular weight excluding hydrogens is 245 g/mol. The summed E-state index contributed by atoms with van der Waals surface area (Å²) >= 11 is 0. The molecule has 0 bridgehead atoms. The van der Waals surface area contributed by atoms with Crippen molar-refractivity contribution in [2.75, 3.05) is 5.73 Å². The highest BCUT2D eigenvalue weighted by Gasteiger charge is 2.16. The van der Waals surface area contributed by atoms with Gasteiger partial charge in [0.1, 0.15) is 5.82 Å². The third kappa shape index (κ3) is 2.89. The molecule has 0 amide bonds. The fourth-order valence-electron chi connectivity index (χ4n) is 1.73. The predicted molar refractivity (Wildman–Crippen MR) is 71.6 cm³/mol. The van der Waals surface area contributed by atoms with Gasteiger partial charge in [0.05, 0.1) is 0 Å². The molecule has 0 spiro atoms. The third-order valence-electron chi connectivity index (χ3n) is 3.39. The van der Waals surface area contributed by atoms with Crippen LogP contribution in [0.15, 0.2) is 18.2 Å². The van der Waals surface area contributed by atoms with Gasteiger partial charge >= 0.3 is 0 Å². The summed E-state index contributed by atoms with van der Waals surface area (Å²) in [5.41, 5.74) is 6.86. The number of nitrogens with zero attached hydrogens (tertiary/aromatic N) is 4. The molecule has 5 nitrogen and oxygen atoms in total. The number of nitrogens with two attached hydrogens (primary N) is 1. The molecule has 0 aliphatic heterocycles. The standard InChI is InChI=1S/C13H18FN5/c1-8(2)9(3)7-19-13(16-17-18-19)11-6-10(14)4-5-12(11)15/h4-6,8-9H,7,15H2,1-3H3. The van der Waals surface area contributed by atoms with Crippen molar-refractivity contribution in [3.8, 4) is 11.4 Å². The van der Waals surface area contributed by atoms with Crippen LogP contribution in [0.5, 0.6) is 0 Å². The number of hydrogen-bond donors (Lipinski definition) is 1. The Bertz CT molecular complexity index is 564. The van der Waals surface area contributed by atoms with Crippen molar-refractivity contribution in [1.29, 1.82) is 0 Å². The van der Waals surface area contributed by atoms with Crippen LogP contribution in [0.25, 0.3) is 11.4 Å². The number of aromatic nitrogens is 4. The molecule has 2 N–H and O–H groups in total. The average Bonchev–Trinajstić information content (AvgIpc) is 2.80. The molecule has 102 valence electrons. The molecular formula is C13H18FN5. The molecule has 0 saturated carbocycles. The van der Waals surface area contributed by atoms with Crippen LogP contribution in [0.4, 0.5) is 10.1 Å². The molecule has 1 aromatic carbocycles. The minimum absolute atomic E-state index is 0.351. The summed E-state index contributed by atoms with van der Waals surface area (Å²) < 4.78 is 15.0. The third-order valence-corrected chi connectivity index (χ3v) is 3.39. The van der Waals surface area contributed by atoms with Gasteiger partial charge in [-0.2, -0.15) is 0 Å². The van der Waals surface area contributed by atoms with Crippen LogP contribution in [0, 0.1) is 17.7 Å². The van der Waals surface area contributed by atoms with E-state index in [0.717, 1.165) is 0 Å². The molecule has 0 fully saturated rings. The van der Waals surface area contributed by atoms with Gasteiger partial charge in [-0.3, -0.25) is 0 Å². The molecule has 0 saturated heterocycles. The van der Waals surface area contributed by atoms with E-state index in [1.807, 2.05) is 0 Å². The lowest BCUT2D eigenvalue weighted by molar-refractivity contribution is 0.347. The molecule has 1 aromatic heterocycles. The first-order chi connectivity index (χ1) is 8.99. The summed E-state index contributed by atoms with van der Waals surface area (Å²) in [6, 6.07) is 4.21. The lowest BCUT2D eigenvalue weighted by Gasteiger charge is -2.16. The Morgan fingerprint density at radius 3 is 2.74 bits per heavy atom. The highest BCUT2D eigenvalue weighted by Crippen LogP contribution is 2.25. The van der Waals surface area contributed by atoms with Crippen molar-refractivity contribution >= 4 is 5.69 Å². The Labute approximate surface area is 111 Å². The van der Waals surface area contributed by atoms with Gasteiger partial charge in [-0.15, -0.1) is 5.10 Å². The smallest absolute Gasteiger partial charge is 0.184 e. The van der Waals surface area contributed by atoms with E-state index in [0.29, 0.717) is 35.5 Å². The number of rotatable bonds is 4. The van der Waals surface area contributed by atoms with E-state index in [4.69, 9.17) is 5.73 Å². The Morgan fingerprint density at radius 1 is 1.32 bits per heavy atom. The molecule has 2 aromatic rings. The second kappa shape index (κ2) is 5.34. The molecule has 1 heterocycles. The molecule has 1 unspecified atom stereocenters. The summed E-state index contributed by atoms with van der Waals surface area (Å²) in [4.78, 5) is 0. The van der Waals surface area contributed by atoms with Crippen LogP contribution in [-0.4, -0.2) is 20.2 Å². The summed E-state index contributed by atoms with van der Waals surface area (Å²) in [6.07, 6.45) is 0. The second-order valence-electron chi connectivity index (χ2n) is 5.14. The van der Waals surface area contributed by atoms with Gasteiger partial charge in [0.2, 0.25) is 0 Å². The van der Waals surface area contributed by atoms with E-state index >= 15 is 0 Å². The van der Waals surface area contributed by atoms with Crippen molar-refractivity contribution in [1.82, 2.24) is 20.2 Å². The van der Waals surface area contributed by atoms with E-state index in [1.54, 1.807) is 4.68 Å². The maximum atomic E-state index is 13.3. The lowest BCUT2D eigenvalue weighted by atomic mass is 9.98. The first kappa shape index (κ1) is 13.5. The molecule has 1 atom stereocenters. The van der Waals surface area contributed by atoms with Crippen molar-refractivity contribution in [3.63, 3.8) is 0 Å². The van der Waals surface area contributed by atoms with Gasteiger partial charge in [0.15, 0.2) is 5.82 Å². The fraction of sp³-hybridized carbons (Fsp3) is 0.462. The second-order valence-corrected chi connectivity index (χ2v) is 5.14. The molecule has 0 radical (unpaired) electrons. The minimum Gasteiger partial charge on any atom is -0.398 e. The van der Waals surface area contributed by atoms with Crippen molar-refractivity contribution in [2.45, 2.75) is 27.3 Å². The zero-order valence-electron chi connectivity index (χ0n) is 11.3. The Kier molecular flexibility index (Phi) is 3.78. The molecule has 0 aliphatic carbocycles. The van der Waals surface area contributed by atoms with E-state index < -0.39 is 0 Å². The maximum absolute atomic E-state index is 13.3. The topological polar surface area (TPSA) is 69.6 Å². The molecule has 2 rings (SSSR count). The van der Waals surface area contributed by atoms with Gasteiger partial charge < -0.3 is 5.73 Å². The monoisotopic (exact) mass is 263 g/mol. The predicted octanol–water partition coefficient (Wildman–Crippen LogP) is 2.35. The van der Waals surface area contributed by atoms with Crippen LogP contribution in [0.2, 0.25) is 0 Å². The molecule has 6 heteroatoms. The maximum Gasteiger partial charge on any atom is 0.184 e. The van der Waals surface area contributed by atoms with Crippen LogP contribution in [0.3, 0.4) is 0 Å². The van der Waals surface area contributed by atoms with Gasteiger partial charge in [-0.1, -0.05) is 20.8 Å². The Balaban J connectivity index is 2.36. The number of halogens is 1. The highest BCUT2D eigenvalue weighted by molar-refractivity contribution is 5.71. The average molecular weight is 263 g/mol. The number of tetrazole rings is 1. The Hall–Kier alpha value is -1.98. The largest absolute Gasteiger partial charge is 0.398 e. The Morgan fingerprint density at radius 2 is 2.05 bits per heavy atom. The molecule has 19 heavy (non-hydrogen) atoms.